The number of hydrogen-bond donors (Lipinski definition) is 1. The van der Waals surface area contributed by atoms with Gasteiger partial charge in [0.25, 0.3) is 5.79 Å². The van der Waals surface area contributed by atoms with Crippen LogP contribution in [-0.4, -0.2) is 30.0 Å². The highest BCUT2D eigenvalue weighted by Crippen LogP contribution is 2.45. The third-order valence-corrected chi connectivity index (χ3v) is 7.53. The molecule has 1 saturated heterocycles. The smallest absolute Gasteiger partial charge is 0.309 e. The number of fused-ring (bicyclic) bond motifs is 2. The summed E-state index contributed by atoms with van der Waals surface area (Å²) in [7, 11) is 0. The Hall–Kier alpha value is -1.61. The summed E-state index contributed by atoms with van der Waals surface area (Å²) in [6.45, 7) is 2.95. The SMILES string of the molecule is CC(Sc1c(Cl)ccc2c1CCNCC21OC(=O)CCC(=O)O1)c1nccs1. The van der Waals surface area contributed by atoms with E-state index in [1.54, 1.807) is 41.4 Å². The van der Waals surface area contributed by atoms with Gasteiger partial charge in [-0.25, -0.2) is 4.98 Å². The summed E-state index contributed by atoms with van der Waals surface area (Å²) in [4.78, 5) is 29.7. The first-order valence-electron chi connectivity index (χ1n) is 9.01. The van der Waals surface area contributed by atoms with Crippen molar-refractivity contribution in [1.82, 2.24) is 10.3 Å². The average molecular weight is 439 g/mol. The van der Waals surface area contributed by atoms with Gasteiger partial charge in [-0.2, -0.15) is 0 Å². The van der Waals surface area contributed by atoms with Crippen LogP contribution >= 0.6 is 34.7 Å². The predicted octanol–water partition coefficient (Wildman–Crippen LogP) is 3.83. The Morgan fingerprint density at radius 2 is 2.00 bits per heavy atom. The number of carbonyl (C=O) groups excluding carboxylic acids is 2. The molecule has 6 nitrogen and oxygen atoms in total. The number of thioether (sulfide) groups is 1. The molecule has 3 heterocycles. The standard InChI is InChI=1S/C19H19ClN2O4S2/c1-11(18-22-8-9-27-18)28-17-12-6-7-21-10-19(13(12)2-3-14(17)20)25-15(23)4-5-16(24)26-19/h2-3,8-9,11,21H,4-7,10H2,1H3. The normalized spacial score (nSPS) is 19.9. The summed E-state index contributed by atoms with van der Waals surface area (Å²) >= 11 is 9.77. The van der Waals surface area contributed by atoms with Crippen LogP contribution < -0.4 is 5.32 Å². The van der Waals surface area contributed by atoms with Crippen LogP contribution in [0.5, 0.6) is 0 Å². The van der Waals surface area contributed by atoms with Crippen LogP contribution in [0.25, 0.3) is 0 Å². The lowest BCUT2D eigenvalue weighted by Crippen LogP contribution is -2.43. The number of nitrogens with one attached hydrogen (secondary N) is 1. The Labute approximate surface area is 176 Å². The summed E-state index contributed by atoms with van der Waals surface area (Å²) in [5.74, 6) is -2.34. The van der Waals surface area contributed by atoms with Gasteiger partial charge in [-0.1, -0.05) is 11.6 Å². The molecule has 148 valence electrons. The van der Waals surface area contributed by atoms with E-state index in [4.69, 9.17) is 21.1 Å². The van der Waals surface area contributed by atoms with Crippen molar-refractivity contribution in [1.29, 1.82) is 0 Å². The average Bonchev–Trinajstić information content (AvgIpc) is 3.09. The van der Waals surface area contributed by atoms with E-state index >= 15 is 0 Å². The molecule has 1 fully saturated rings. The quantitative estimate of drug-likeness (QED) is 0.576. The summed E-state index contributed by atoms with van der Waals surface area (Å²) in [5, 5.41) is 6.92. The number of benzene rings is 1. The summed E-state index contributed by atoms with van der Waals surface area (Å²) in [6, 6.07) is 3.57. The zero-order valence-corrected chi connectivity index (χ0v) is 17.6. The van der Waals surface area contributed by atoms with Crippen LogP contribution in [0.2, 0.25) is 5.02 Å². The second-order valence-electron chi connectivity index (χ2n) is 6.66. The van der Waals surface area contributed by atoms with Gasteiger partial charge in [0.15, 0.2) is 0 Å². The third-order valence-electron chi connectivity index (χ3n) is 4.72. The Morgan fingerprint density at radius 3 is 2.68 bits per heavy atom. The maximum Gasteiger partial charge on any atom is 0.309 e. The minimum atomic E-state index is -1.46. The van der Waals surface area contributed by atoms with E-state index in [9.17, 15) is 9.59 Å². The van der Waals surface area contributed by atoms with Crippen LogP contribution in [0.1, 0.15) is 41.1 Å². The Morgan fingerprint density at radius 1 is 1.25 bits per heavy atom. The second-order valence-corrected chi connectivity index (χ2v) is 9.35. The first-order valence-corrected chi connectivity index (χ1v) is 11.1. The fourth-order valence-electron chi connectivity index (χ4n) is 3.43. The molecule has 0 aliphatic carbocycles. The number of thiazole rings is 1. The molecule has 9 heteroatoms. The molecule has 2 aromatic rings. The van der Waals surface area contributed by atoms with Crippen molar-refractivity contribution in [2.45, 2.75) is 42.1 Å². The first-order chi connectivity index (χ1) is 13.5. The van der Waals surface area contributed by atoms with Crippen molar-refractivity contribution in [3.63, 3.8) is 0 Å². The van der Waals surface area contributed by atoms with Gasteiger partial charge < -0.3 is 14.8 Å². The molecule has 1 spiro atoms. The molecule has 0 saturated carbocycles. The van der Waals surface area contributed by atoms with Gasteiger partial charge in [-0.15, -0.1) is 23.1 Å². The highest BCUT2D eigenvalue weighted by atomic mass is 35.5. The number of ether oxygens (including phenoxy) is 2. The van der Waals surface area contributed by atoms with E-state index < -0.39 is 17.7 Å². The van der Waals surface area contributed by atoms with Crippen LogP contribution in [0.3, 0.4) is 0 Å². The highest BCUT2D eigenvalue weighted by Gasteiger charge is 2.46. The van der Waals surface area contributed by atoms with Gasteiger partial charge in [0, 0.05) is 22.0 Å². The van der Waals surface area contributed by atoms with Crippen LogP contribution in [0.15, 0.2) is 28.6 Å². The van der Waals surface area contributed by atoms with Gasteiger partial charge in [0.1, 0.15) is 5.01 Å². The van der Waals surface area contributed by atoms with E-state index in [1.165, 1.54) is 0 Å². The molecule has 28 heavy (non-hydrogen) atoms. The Kier molecular flexibility index (Phi) is 5.64. The van der Waals surface area contributed by atoms with Crippen molar-refractivity contribution >= 4 is 46.6 Å². The first kappa shape index (κ1) is 19.7. The molecule has 1 unspecified atom stereocenters. The van der Waals surface area contributed by atoms with E-state index in [0.29, 0.717) is 23.6 Å². The largest absolute Gasteiger partial charge is 0.416 e. The minimum absolute atomic E-state index is 0.0200. The van der Waals surface area contributed by atoms with E-state index in [2.05, 4.69) is 17.2 Å². The fraction of sp³-hybridized carbons (Fsp3) is 0.421. The zero-order valence-electron chi connectivity index (χ0n) is 15.2. The lowest BCUT2D eigenvalue weighted by Gasteiger charge is -2.32. The second kappa shape index (κ2) is 8.02. The van der Waals surface area contributed by atoms with Gasteiger partial charge in [0.05, 0.1) is 29.7 Å². The van der Waals surface area contributed by atoms with Gasteiger partial charge >= 0.3 is 11.9 Å². The number of hydrogen-bond acceptors (Lipinski definition) is 8. The number of esters is 2. The van der Waals surface area contributed by atoms with Crippen LogP contribution in [0.4, 0.5) is 0 Å². The molecule has 4 rings (SSSR count). The molecule has 1 aromatic heterocycles. The summed E-state index contributed by atoms with van der Waals surface area (Å²) in [6.07, 6.45) is 2.51. The molecule has 2 aliphatic heterocycles. The zero-order chi connectivity index (χ0) is 19.7. The number of rotatable bonds is 3. The van der Waals surface area contributed by atoms with Crippen molar-refractivity contribution in [2.75, 3.05) is 13.1 Å². The molecule has 1 atom stereocenters. The molecular weight excluding hydrogens is 420 g/mol. The molecular formula is C19H19ClN2O4S2. The number of carbonyl (C=O) groups is 2. The van der Waals surface area contributed by atoms with Gasteiger partial charge in [0.2, 0.25) is 0 Å². The molecule has 0 radical (unpaired) electrons. The third kappa shape index (κ3) is 3.78. The Balaban J connectivity index is 1.79. The van der Waals surface area contributed by atoms with E-state index in [1.807, 2.05) is 5.38 Å². The van der Waals surface area contributed by atoms with E-state index in [0.717, 1.165) is 15.5 Å². The number of nitrogens with zero attached hydrogens (tertiary/aromatic N) is 1. The number of halogens is 1. The van der Waals surface area contributed by atoms with Crippen molar-refractivity contribution in [3.8, 4) is 0 Å². The van der Waals surface area contributed by atoms with Crippen molar-refractivity contribution in [2.24, 2.45) is 0 Å². The molecule has 1 aromatic carbocycles. The Bertz CT molecular complexity index is 886. The molecule has 1 N–H and O–H groups in total. The fourth-order valence-corrected chi connectivity index (χ4v) is 5.68. The van der Waals surface area contributed by atoms with Crippen molar-refractivity contribution in [3.05, 3.63) is 44.9 Å². The summed E-state index contributed by atoms with van der Waals surface area (Å²) < 4.78 is 11.4. The molecule has 0 bridgehead atoms. The predicted molar refractivity (Wildman–Crippen MR) is 108 cm³/mol. The van der Waals surface area contributed by atoms with E-state index in [-0.39, 0.29) is 24.6 Å². The number of aromatic nitrogens is 1. The minimum Gasteiger partial charge on any atom is -0.416 e. The lowest BCUT2D eigenvalue weighted by molar-refractivity contribution is -0.225. The molecule has 2 aliphatic rings. The lowest BCUT2D eigenvalue weighted by atomic mass is 9.98. The van der Waals surface area contributed by atoms with Gasteiger partial charge in [-0.3, -0.25) is 9.59 Å². The topological polar surface area (TPSA) is 77.5 Å². The monoisotopic (exact) mass is 438 g/mol. The van der Waals surface area contributed by atoms with Crippen molar-refractivity contribution < 1.29 is 19.1 Å². The highest BCUT2D eigenvalue weighted by molar-refractivity contribution is 7.99. The molecule has 0 amide bonds. The van der Waals surface area contributed by atoms with Crippen LogP contribution in [0, 0.1) is 0 Å². The maximum atomic E-state index is 12.2. The maximum absolute atomic E-state index is 12.2. The summed E-state index contributed by atoms with van der Waals surface area (Å²) in [5.41, 5.74) is 1.62. The van der Waals surface area contributed by atoms with Gasteiger partial charge in [-0.05, 0) is 37.6 Å². The van der Waals surface area contributed by atoms with Crippen LogP contribution in [-0.2, 0) is 31.3 Å².